The fourth-order valence-corrected chi connectivity index (χ4v) is 2.96. The molecule has 1 atom stereocenters. The summed E-state index contributed by atoms with van der Waals surface area (Å²) in [5.74, 6) is -1.75. The zero-order chi connectivity index (χ0) is 17.6. The Hall–Kier alpha value is -1.60. The summed E-state index contributed by atoms with van der Waals surface area (Å²) in [6.07, 6.45) is -3.81. The van der Waals surface area contributed by atoms with Crippen LogP contribution in [0.15, 0.2) is 30.3 Å². The molecule has 0 saturated carbocycles. The average molecular weight is 344 g/mol. The minimum absolute atomic E-state index is 0.0139. The topological polar surface area (TPSA) is 43.8 Å². The molecule has 1 amide bonds. The van der Waals surface area contributed by atoms with Crippen LogP contribution in [0.5, 0.6) is 0 Å². The molecule has 1 N–H and O–H groups in total. The van der Waals surface area contributed by atoms with Crippen molar-refractivity contribution in [2.24, 2.45) is 5.92 Å². The first-order valence-electron chi connectivity index (χ1n) is 8.12. The lowest BCUT2D eigenvalue weighted by atomic mass is 9.97. The maximum absolute atomic E-state index is 12.9. The minimum Gasteiger partial charge on any atom is -0.395 e. The smallest absolute Gasteiger partial charge is 0.393 e. The third-order valence-electron chi connectivity index (χ3n) is 4.26. The Bertz CT molecular complexity index is 522. The summed E-state index contributed by atoms with van der Waals surface area (Å²) < 4.78 is 38.6. The fourth-order valence-electron chi connectivity index (χ4n) is 2.96. The van der Waals surface area contributed by atoms with E-state index in [0.717, 1.165) is 5.56 Å². The predicted octanol–water partition coefficient (Wildman–Crippen LogP) is 2.28. The van der Waals surface area contributed by atoms with Gasteiger partial charge in [0, 0.05) is 26.2 Å². The van der Waals surface area contributed by atoms with Gasteiger partial charge in [-0.1, -0.05) is 30.3 Å². The highest BCUT2D eigenvalue weighted by Gasteiger charge is 2.42. The molecule has 24 heavy (non-hydrogen) atoms. The maximum Gasteiger partial charge on any atom is 0.393 e. The molecule has 1 aliphatic heterocycles. The Labute approximate surface area is 139 Å². The lowest BCUT2D eigenvalue weighted by molar-refractivity contribution is -0.188. The summed E-state index contributed by atoms with van der Waals surface area (Å²) in [5, 5.41) is 9.17. The highest BCUT2D eigenvalue weighted by molar-refractivity contribution is 5.78. The van der Waals surface area contributed by atoms with E-state index in [2.05, 4.69) is 0 Å². The molecule has 1 aliphatic rings. The molecule has 4 nitrogen and oxygen atoms in total. The third kappa shape index (κ3) is 5.49. The SMILES string of the molecule is O=C(CN(CCO)Cc1ccccc1)N1CCCC(C(F)(F)F)C1. The normalized spacial score (nSPS) is 18.9. The van der Waals surface area contributed by atoms with E-state index in [-0.39, 0.29) is 32.0 Å². The van der Waals surface area contributed by atoms with Gasteiger partial charge in [0.1, 0.15) is 0 Å². The van der Waals surface area contributed by atoms with Crippen molar-refractivity contribution in [3.05, 3.63) is 35.9 Å². The second-order valence-electron chi connectivity index (χ2n) is 6.14. The second kappa shape index (κ2) is 8.48. The van der Waals surface area contributed by atoms with Crippen molar-refractivity contribution in [3.8, 4) is 0 Å². The minimum atomic E-state index is -4.26. The molecule has 0 aromatic heterocycles. The molecular weight excluding hydrogens is 321 g/mol. The van der Waals surface area contributed by atoms with Gasteiger partial charge in [0.25, 0.3) is 0 Å². The van der Waals surface area contributed by atoms with Crippen molar-refractivity contribution < 1.29 is 23.1 Å². The Morgan fingerprint density at radius 2 is 2.00 bits per heavy atom. The van der Waals surface area contributed by atoms with Gasteiger partial charge in [-0.25, -0.2) is 0 Å². The zero-order valence-electron chi connectivity index (χ0n) is 13.5. The van der Waals surface area contributed by atoms with Crippen LogP contribution in [-0.4, -0.2) is 59.8 Å². The van der Waals surface area contributed by atoms with Crippen molar-refractivity contribution in [1.82, 2.24) is 9.80 Å². The van der Waals surface area contributed by atoms with Gasteiger partial charge in [-0.3, -0.25) is 9.69 Å². The number of aliphatic hydroxyl groups is 1. The molecule has 2 rings (SSSR count). The van der Waals surface area contributed by atoms with E-state index >= 15 is 0 Å². The third-order valence-corrected chi connectivity index (χ3v) is 4.26. The number of halogens is 3. The summed E-state index contributed by atoms with van der Waals surface area (Å²) in [5.41, 5.74) is 0.991. The number of carbonyl (C=O) groups is 1. The van der Waals surface area contributed by atoms with Gasteiger partial charge in [-0.15, -0.1) is 0 Å². The molecule has 1 aromatic rings. The molecule has 0 radical (unpaired) electrons. The number of amides is 1. The Morgan fingerprint density at radius 1 is 1.29 bits per heavy atom. The lowest BCUT2D eigenvalue weighted by Gasteiger charge is -2.35. The number of hydrogen-bond acceptors (Lipinski definition) is 3. The summed E-state index contributed by atoms with van der Waals surface area (Å²) >= 11 is 0. The van der Waals surface area contributed by atoms with Crippen LogP contribution in [0.4, 0.5) is 13.2 Å². The predicted molar refractivity (Wildman–Crippen MR) is 84.2 cm³/mol. The molecule has 0 aliphatic carbocycles. The van der Waals surface area contributed by atoms with Crippen molar-refractivity contribution in [3.63, 3.8) is 0 Å². The number of benzene rings is 1. The molecular formula is C17H23F3N2O2. The zero-order valence-corrected chi connectivity index (χ0v) is 13.5. The van der Waals surface area contributed by atoms with Crippen LogP contribution in [0, 0.1) is 5.92 Å². The van der Waals surface area contributed by atoms with Crippen LogP contribution in [-0.2, 0) is 11.3 Å². The Kier molecular flexibility index (Phi) is 6.62. The number of nitrogens with zero attached hydrogens (tertiary/aromatic N) is 2. The number of aliphatic hydroxyl groups excluding tert-OH is 1. The van der Waals surface area contributed by atoms with Crippen LogP contribution < -0.4 is 0 Å². The van der Waals surface area contributed by atoms with E-state index in [1.54, 1.807) is 4.90 Å². The quantitative estimate of drug-likeness (QED) is 0.861. The van der Waals surface area contributed by atoms with Crippen LogP contribution in [0.25, 0.3) is 0 Å². The van der Waals surface area contributed by atoms with Gasteiger partial charge in [0.2, 0.25) is 5.91 Å². The molecule has 0 bridgehead atoms. The highest BCUT2D eigenvalue weighted by Crippen LogP contribution is 2.33. The van der Waals surface area contributed by atoms with Gasteiger partial charge in [-0.05, 0) is 18.4 Å². The first-order chi connectivity index (χ1) is 11.4. The Morgan fingerprint density at radius 3 is 2.62 bits per heavy atom. The van der Waals surface area contributed by atoms with Crippen LogP contribution >= 0.6 is 0 Å². The number of alkyl halides is 3. The number of piperidine rings is 1. The van der Waals surface area contributed by atoms with Gasteiger partial charge in [0.15, 0.2) is 0 Å². The molecule has 0 spiro atoms. The van der Waals surface area contributed by atoms with Crippen LogP contribution in [0.1, 0.15) is 18.4 Å². The largest absolute Gasteiger partial charge is 0.395 e. The van der Waals surface area contributed by atoms with E-state index in [0.29, 0.717) is 26.1 Å². The first kappa shape index (κ1) is 18.7. The standard InChI is InChI=1S/C17H23F3N2O2/c18-17(19,20)15-7-4-8-22(12-15)16(24)13-21(9-10-23)11-14-5-2-1-3-6-14/h1-3,5-6,15,23H,4,7-13H2. The van der Waals surface area contributed by atoms with Crippen LogP contribution in [0.3, 0.4) is 0 Å². The van der Waals surface area contributed by atoms with E-state index in [1.165, 1.54) is 4.90 Å². The van der Waals surface area contributed by atoms with E-state index in [4.69, 9.17) is 0 Å². The van der Waals surface area contributed by atoms with Crippen molar-refractivity contribution >= 4 is 5.91 Å². The molecule has 1 saturated heterocycles. The fraction of sp³-hybridized carbons (Fsp3) is 0.588. The second-order valence-corrected chi connectivity index (χ2v) is 6.14. The van der Waals surface area contributed by atoms with Gasteiger partial charge < -0.3 is 10.0 Å². The average Bonchev–Trinajstić information content (AvgIpc) is 2.55. The monoisotopic (exact) mass is 344 g/mol. The van der Waals surface area contributed by atoms with Crippen LogP contribution in [0.2, 0.25) is 0 Å². The molecule has 1 unspecified atom stereocenters. The summed E-state index contributed by atoms with van der Waals surface area (Å²) in [4.78, 5) is 15.4. The number of rotatable bonds is 6. The van der Waals surface area contributed by atoms with Crippen molar-refractivity contribution in [1.29, 1.82) is 0 Å². The molecule has 7 heteroatoms. The molecule has 1 fully saturated rings. The number of carbonyl (C=O) groups excluding carboxylic acids is 1. The van der Waals surface area contributed by atoms with Crippen molar-refractivity contribution in [2.45, 2.75) is 25.6 Å². The molecule has 134 valence electrons. The molecule has 1 heterocycles. The first-order valence-corrected chi connectivity index (χ1v) is 8.12. The summed E-state index contributed by atoms with van der Waals surface area (Å²) in [6, 6.07) is 9.47. The van der Waals surface area contributed by atoms with E-state index in [1.807, 2.05) is 30.3 Å². The molecule has 1 aromatic carbocycles. The highest BCUT2D eigenvalue weighted by atomic mass is 19.4. The van der Waals surface area contributed by atoms with E-state index in [9.17, 15) is 23.1 Å². The number of likely N-dealkylation sites (tertiary alicyclic amines) is 1. The summed E-state index contributed by atoms with van der Waals surface area (Å²) in [6.45, 7) is 0.788. The van der Waals surface area contributed by atoms with E-state index < -0.39 is 12.1 Å². The number of hydrogen-bond donors (Lipinski definition) is 1. The Balaban J connectivity index is 1.94. The van der Waals surface area contributed by atoms with Gasteiger partial charge in [-0.2, -0.15) is 13.2 Å². The van der Waals surface area contributed by atoms with Crippen molar-refractivity contribution in [2.75, 3.05) is 32.8 Å². The lowest BCUT2D eigenvalue weighted by Crippen LogP contribution is -2.48. The maximum atomic E-state index is 12.9. The van der Waals surface area contributed by atoms with Gasteiger partial charge in [0.05, 0.1) is 19.1 Å². The van der Waals surface area contributed by atoms with Gasteiger partial charge >= 0.3 is 6.18 Å². The summed E-state index contributed by atoms with van der Waals surface area (Å²) in [7, 11) is 0.